The number of benzene rings is 1. The molecule has 0 saturated heterocycles. The third kappa shape index (κ3) is 5.81. The van der Waals surface area contributed by atoms with E-state index in [-0.39, 0.29) is 24.5 Å². The van der Waals surface area contributed by atoms with Crippen molar-refractivity contribution < 1.29 is 14.0 Å². The molecule has 0 atom stereocenters. The predicted molar refractivity (Wildman–Crippen MR) is 125 cm³/mol. The summed E-state index contributed by atoms with van der Waals surface area (Å²) in [5.74, 6) is 0.556. The zero-order chi connectivity index (χ0) is 23.1. The van der Waals surface area contributed by atoms with Gasteiger partial charge < -0.3 is 24.1 Å². The van der Waals surface area contributed by atoms with Crippen molar-refractivity contribution in [1.29, 1.82) is 0 Å². The Labute approximate surface area is 189 Å². The quantitative estimate of drug-likeness (QED) is 0.531. The number of hydrogen-bond acceptors (Lipinski definition) is 3. The summed E-state index contributed by atoms with van der Waals surface area (Å²) < 4.78 is 7.46. The summed E-state index contributed by atoms with van der Waals surface area (Å²) in [7, 11) is 1.95. The minimum Gasteiger partial charge on any atom is -0.467 e. The maximum absolute atomic E-state index is 13.4. The molecule has 32 heavy (non-hydrogen) atoms. The number of anilines is 1. The molecule has 7 nitrogen and oxygen atoms in total. The van der Waals surface area contributed by atoms with Gasteiger partial charge in [0.25, 0.3) is 0 Å². The van der Waals surface area contributed by atoms with E-state index in [1.165, 1.54) is 0 Å². The van der Waals surface area contributed by atoms with Gasteiger partial charge in [0, 0.05) is 30.7 Å². The van der Waals surface area contributed by atoms with Gasteiger partial charge in [-0.3, -0.25) is 4.79 Å². The van der Waals surface area contributed by atoms with Gasteiger partial charge in [0.05, 0.1) is 19.4 Å². The van der Waals surface area contributed by atoms with E-state index in [0.29, 0.717) is 18.8 Å². The van der Waals surface area contributed by atoms with E-state index in [4.69, 9.17) is 4.42 Å². The Balaban J connectivity index is 1.76. The molecule has 0 aliphatic carbocycles. The number of hydrogen-bond donors (Lipinski definition) is 1. The molecule has 1 aromatic carbocycles. The van der Waals surface area contributed by atoms with Gasteiger partial charge in [-0.1, -0.05) is 25.1 Å². The normalized spacial score (nSPS) is 10.9. The molecule has 0 radical (unpaired) electrons. The molecule has 0 bridgehead atoms. The van der Waals surface area contributed by atoms with Crippen LogP contribution in [-0.2, 0) is 31.4 Å². The molecule has 170 valence electrons. The highest BCUT2D eigenvalue weighted by Crippen LogP contribution is 2.17. The summed E-state index contributed by atoms with van der Waals surface area (Å²) in [6.45, 7) is 6.60. The summed E-state index contributed by atoms with van der Waals surface area (Å²) in [6.07, 6.45) is 4.36. The minimum absolute atomic E-state index is 0.0249. The largest absolute Gasteiger partial charge is 0.467 e. The molecular formula is C25H32N4O3. The Hall–Kier alpha value is -3.48. The lowest BCUT2D eigenvalue weighted by molar-refractivity contribution is -0.133. The van der Waals surface area contributed by atoms with Gasteiger partial charge in [0.15, 0.2) is 0 Å². The molecule has 3 rings (SSSR count). The monoisotopic (exact) mass is 436 g/mol. The van der Waals surface area contributed by atoms with E-state index < -0.39 is 0 Å². The standard InChI is InChI=1S/C25H32N4O3/c1-5-20-10-6-7-13-23(20)26-25(31)29(19(2)3)18-24(30)28(17-22-12-9-15-32-22)16-21-11-8-14-27(21)4/h6-15,19H,5,16-18H2,1-4H3,(H,26,31). The fourth-order valence-corrected chi connectivity index (χ4v) is 3.55. The van der Waals surface area contributed by atoms with Gasteiger partial charge in [-0.15, -0.1) is 0 Å². The Kier molecular flexibility index (Phi) is 7.76. The van der Waals surface area contributed by atoms with Crippen LogP contribution < -0.4 is 5.32 Å². The number of nitrogens with one attached hydrogen (secondary N) is 1. The number of aromatic nitrogens is 1. The van der Waals surface area contributed by atoms with Gasteiger partial charge in [0.1, 0.15) is 12.3 Å². The maximum Gasteiger partial charge on any atom is 0.322 e. The van der Waals surface area contributed by atoms with E-state index in [9.17, 15) is 9.59 Å². The van der Waals surface area contributed by atoms with Crippen molar-refractivity contribution in [2.24, 2.45) is 7.05 Å². The third-order valence-electron chi connectivity index (χ3n) is 5.51. The number of nitrogens with zero attached hydrogens (tertiary/aromatic N) is 3. The lowest BCUT2D eigenvalue weighted by Crippen LogP contribution is -2.47. The van der Waals surface area contributed by atoms with Crippen molar-refractivity contribution in [2.45, 2.75) is 46.3 Å². The average Bonchev–Trinajstić information content (AvgIpc) is 3.43. The van der Waals surface area contributed by atoms with Crippen molar-refractivity contribution in [3.05, 3.63) is 78.0 Å². The summed E-state index contributed by atoms with van der Waals surface area (Å²) in [5.41, 5.74) is 2.83. The highest BCUT2D eigenvalue weighted by molar-refractivity contribution is 5.93. The van der Waals surface area contributed by atoms with E-state index in [2.05, 4.69) is 5.32 Å². The molecule has 0 unspecified atom stereocenters. The van der Waals surface area contributed by atoms with Crippen LogP contribution in [0.2, 0.25) is 0 Å². The lowest BCUT2D eigenvalue weighted by Gasteiger charge is -2.30. The number of aryl methyl sites for hydroxylation is 2. The van der Waals surface area contributed by atoms with Gasteiger partial charge >= 0.3 is 6.03 Å². The first-order chi connectivity index (χ1) is 15.4. The first-order valence-electron chi connectivity index (χ1n) is 10.9. The Morgan fingerprint density at radius 2 is 1.84 bits per heavy atom. The number of urea groups is 1. The van der Waals surface area contributed by atoms with Crippen molar-refractivity contribution >= 4 is 17.6 Å². The number of rotatable bonds is 9. The van der Waals surface area contributed by atoms with Crippen LogP contribution in [0.4, 0.5) is 10.5 Å². The first-order valence-corrected chi connectivity index (χ1v) is 10.9. The highest BCUT2D eigenvalue weighted by Gasteiger charge is 2.25. The second-order valence-corrected chi connectivity index (χ2v) is 8.10. The van der Waals surface area contributed by atoms with Crippen LogP contribution in [0.5, 0.6) is 0 Å². The molecule has 1 N–H and O–H groups in total. The number of furan rings is 1. The van der Waals surface area contributed by atoms with Crippen LogP contribution in [0.25, 0.3) is 0 Å². The second-order valence-electron chi connectivity index (χ2n) is 8.10. The molecule has 0 fully saturated rings. The van der Waals surface area contributed by atoms with Crippen LogP contribution in [0.15, 0.2) is 65.4 Å². The van der Waals surface area contributed by atoms with Gasteiger partial charge in [-0.2, -0.15) is 0 Å². The van der Waals surface area contributed by atoms with Crippen molar-refractivity contribution in [3.8, 4) is 0 Å². The zero-order valence-corrected chi connectivity index (χ0v) is 19.2. The summed E-state index contributed by atoms with van der Waals surface area (Å²) in [4.78, 5) is 29.7. The van der Waals surface area contributed by atoms with Crippen LogP contribution in [-0.4, -0.2) is 38.9 Å². The number of carbonyl (C=O) groups excluding carboxylic acids is 2. The molecule has 0 spiro atoms. The van der Waals surface area contributed by atoms with Crippen LogP contribution in [0.1, 0.15) is 37.8 Å². The average molecular weight is 437 g/mol. The maximum atomic E-state index is 13.4. The smallest absolute Gasteiger partial charge is 0.322 e. The molecule has 3 amide bonds. The minimum atomic E-state index is -0.286. The summed E-state index contributed by atoms with van der Waals surface area (Å²) >= 11 is 0. The number of carbonyl (C=O) groups is 2. The van der Waals surface area contributed by atoms with Gasteiger partial charge in [-0.05, 0) is 56.2 Å². The Morgan fingerprint density at radius 1 is 1.06 bits per heavy atom. The topological polar surface area (TPSA) is 70.7 Å². The summed E-state index contributed by atoms with van der Waals surface area (Å²) in [6, 6.07) is 14.9. The highest BCUT2D eigenvalue weighted by atomic mass is 16.3. The van der Waals surface area contributed by atoms with Crippen molar-refractivity contribution in [1.82, 2.24) is 14.4 Å². The third-order valence-corrected chi connectivity index (χ3v) is 5.51. The van der Waals surface area contributed by atoms with Crippen LogP contribution in [0.3, 0.4) is 0 Å². The first kappa shape index (κ1) is 23.2. The van der Waals surface area contributed by atoms with Gasteiger partial charge in [0.2, 0.25) is 5.91 Å². The number of amides is 3. The summed E-state index contributed by atoms with van der Waals surface area (Å²) in [5, 5.41) is 2.98. The van der Waals surface area contributed by atoms with E-state index in [1.807, 2.05) is 81.0 Å². The molecule has 2 heterocycles. The lowest BCUT2D eigenvalue weighted by atomic mass is 10.1. The van der Waals surface area contributed by atoms with Crippen molar-refractivity contribution in [2.75, 3.05) is 11.9 Å². The molecule has 0 saturated carbocycles. The Morgan fingerprint density at radius 3 is 2.47 bits per heavy atom. The molecule has 0 aliphatic rings. The Bertz CT molecular complexity index is 1020. The molecular weight excluding hydrogens is 404 g/mol. The van der Waals surface area contributed by atoms with Crippen LogP contribution in [0, 0.1) is 0 Å². The zero-order valence-electron chi connectivity index (χ0n) is 19.2. The number of para-hydroxylation sites is 1. The SMILES string of the molecule is CCc1ccccc1NC(=O)N(CC(=O)N(Cc1ccco1)Cc1cccn1C)C(C)C. The van der Waals surface area contributed by atoms with E-state index in [0.717, 1.165) is 23.4 Å². The van der Waals surface area contributed by atoms with Gasteiger partial charge in [-0.25, -0.2) is 4.79 Å². The fourth-order valence-electron chi connectivity index (χ4n) is 3.55. The van der Waals surface area contributed by atoms with Crippen molar-refractivity contribution in [3.63, 3.8) is 0 Å². The predicted octanol–water partition coefficient (Wildman–Crippen LogP) is 4.65. The molecule has 7 heteroatoms. The van der Waals surface area contributed by atoms with E-state index >= 15 is 0 Å². The second kappa shape index (κ2) is 10.7. The fraction of sp³-hybridized carbons (Fsp3) is 0.360. The van der Waals surface area contributed by atoms with Crippen LogP contribution >= 0.6 is 0 Å². The molecule has 2 aromatic heterocycles. The van der Waals surface area contributed by atoms with E-state index in [1.54, 1.807) is 22.1 Å². The molecule has 3 aromatic rings. The molecule has 0 aliphatic heterocycles.